The zero-order chi connectivity index (χ0) is 13.1. The lowest BCUT2D eigenvalue weighted by Crippen LogP contribution is -2.47. The highest BCUT2D eigenvalue weighted by Crippen LogP contribution is 2.33. The number of piperidine rings is 1. The van der Waals surface area contributed by atoms with Crippen LogP contribution in [0.2, 0.25) is 0 Å². The van der Waals surface area contributed by atoms with E-state index >= 15 is 0 Å². The Morgan fingerprint density at radius 3 is 2.89 bits per heavy atom. The van der Waals surface area contributed by atoms with Crippen molar-refractivity contribution in [1.29, 1.82) is 0 Å². The molecule has 0 aliphatic carbocycles. The molecule has 1 saturated heterocycles. The first kappa shape index (κ1) is 13.8. The number of para-hydroxylation sites is 1. The van der Waals surface area contributed by atoms with Crippen LogP contribution in [0.25, 0.3) is 0 Å². The first-order chi connectivity index (χ1) is 8.63. The summed E-state index contributed by atoms with van der Waals surface area (Å²) in [5, 5.41) is 3.48. The van der Waals surface area contributed by atoms with Gasteiger partial charge in [-0.2, -0.15) is 0 Å². The van der Waals surface area contributed by atoms with Crippen molar-refractivity contribution in [3.8, 4) is 0 Å². The third kappa shape index (κ3) is 2.86. The van der Waals surface area contributed by atoms with Gasteiger partial charge in [-0.25, -0.2) is 4.39 Å². The molecule has 1 aliphatic heterocycles. The van der Waals surface area contributed by atoms with Crippen LogP contribution in [0.5, 0.6) is 0 Å². The first-order valence-corrected chi connectivity index (χ1v) is 7.36. The summed E-state index contributed by atoms with van der Waals surface area (Å²) >= 11 is 3.46. The molecule has 2 atom stereocenters. The Morgan fingerprint density at radius 1 is 1.50 bits per heavy atom. The van der Waals surface area contributed by atoms with E-state index in [2.05, 4.69) is 40.0 Å². The number of benzene rings is 1. The Morgan fingerprint density at radius 2 is 2.28 bits per heavy atom. The van der Waals surface area contributed by atoms with Gasteiger partial charge in [0.15, 0.2) is 0 Å². The maximum atomic E-state index is 14.0. The fraction of sp³-hybridized carbons (Fsp3) is 0.571. The van der Waals surface area contributed by atoms with Gasteiger partial charge in [-0.1, -0.05) is 13.0 Å². The van der Waals surface area contributed by atoms with Crippen LogP contribution < -0.4 is 10.2 Å². The summed E-state index contributed by atoms with van der Waals surface area (Å²) in [7, 11) is 0. The van der Waals surface area contributed by atoms with Gasteiger partial charge in [0, 0.05) is 23.1 Å². The molecule has 0 spiro atoms. The average molecular weight is 315 g/mol. The molecule has 2 unspecified atom stereocenters. The van der Waals surface area contributed by atoms with Crippen LogP contribution in [0.15, 0.2) is 22.7 Å². The van der Waals surface area contributed by atoms with E-state index in [1.54, 1.807) is 6.07 Å². The summed E-state index contributed by atoms with van der Waals surface area (Å²) in [5.74, 6) is -0.141. The summed E-state index contributed by atoms with van der Waals surface area (Å²) < 4.78 is 14.8. The van der Waals surface area contributed by atoms with E-state index in [1.807, 2.05) is 6.07 Å². The van der Waals surface area contributed by atoms with Gasteiger partial charge in [0.1, 0.15) is 5.82 Å². The minimum Gasteiger partial charge on any atom is -0.365 e. The third-order valence-corrected chi connectivity index (χ3v) is 4.23. The Labute approximate surface area is 117 Å². The van der Waals surface area contributed by atoms with E-state index in [0.29, 0.717) is 17.8 Å². The van der Waals surface area contributed by atoms with Gasteiger partial charge in [0.2, 0.25) is 0 Å². The highest BCUT2D eigenvalue weighted by atomic mass is 79.9. The van der Waals surface area contributed by atoms with Crippen LogP contribution in [-0.2, 0) is 0 Å². The zero-order valence-electron chi connectivity index (χ0n) is 10.9. The van der Waals surface area contributed by atoms with E-state index in [9.17, 15) is 4.39 Å². The number of nitrogens with zero attached hydrogens (tertiary/aromatic N) is 1. The molecule has 1 aromatic rings. The lowest BCUT2D eigenvalue weighted by Gasteiger charge is -2.40. The predicted octanol–water partition coefficient (Wildman–Crippen LogP) is 3.56. The van der Waals surface area contributed by atoms with Gasteiger partial charge >= 0.3 is 0 Å². The van der Waals surface area contributed by atoms with Crippen molar-refractivity contribution in [2.24, 2.45) is 0 Å². The molecule has 1 aromatic carbocycles. The van der Waals surface area contributed by atoms with E-state index in [4.69, 9.17) is 0 Å². The van der Waals surface area contributed by atoms with E-state index in [0.717, 1.165) is 30.4 Å². The monoisotopic (exact) mass is 314 g/mol. The molecule has 1 fully saturated rings. The molecule has 0 bridgehead atoms. The van der Waals surface area contributed by atoms with Gasteiger partial charge in [-0.15, -0.1) is 0 Å². The van der Waals surface area contributed by atoms with Gasteiger partial charge in [0.05, 0.1) is 5.69 Å². The fourth-order valence-electron chi connectivity index (χ4n) is 2.74. The van der Waals surface area contributed by atoms with Crippen molar-refractivity contribution in [3.05, 3.63) is 28.5 Å². The molecule has 4 heteroatoms. The second-order valence-electron chi connectivity index (χ2n) is 4.89. The maximum Gasteiger partial charge on any atom is 0.147 e. The second-order valence-corrected chi connectivity index (χ2v) is 5.75. The van der Waals surface area contributed by atoms with Gasteiger partial charge in [0.25, 0.3) is 0 Å². The molecule has 2 rings (SSSR count). The van der Waals surface area contributed by atoms with Crippen LogP contribution in [0, 0.1) is 5.82 Å². The predicted molar refractivity (Wildman–Crippen MR) is 77.6 cm³/mol. The Balaban J connectivity index is 2.15. The number of hydrogen-bond donors (Lipinski definition) is 1. The molecule has 18 heavy (non-hydrogen) atoms. The van der Waals surface area contributed by atoms with Gasteiger partial charge in [-0.3, -0.25) is 0 Å². The molecule has 0 radical (unpaired) electrons. The van der Waals surface area contributed by atoms with Crippen LogP contribution >= 0.6 is 15.9 Å². The second kappa shape index (κ2) is 6.02. The minimum atomic E-state index is -0.141. The first-order valence-electron chi connectivity index (χ1n) is 6.57. The van der Waals surface area contributed by atoms with Gasteiger partial charge in [-0.05, 0) is 54.4 Å². The van der Waals surface area contributed by atoms with E-state index in [1.165, 1.54) is 6.07 Å². The summed E-state index contributed by atoms with van der Waals surface area (Å²) in [4.78, 5) is 2.17. The lowest BCUT2D eigenvalue weighted by atomic mass is 9.97. The van der Waals surface area contributed by atoms with E-state index < -0.39 is 0 Å². The molecule has 0 aromatic heterocycles. The van der Waals surface area contributed by atoms with Crippen molar-refractivity contribution in [2.45, 2.75) is 38.8 Å². The summed E-state index contributed by atoms with van der Waals surface area (Å²) in [5.41, 5.74) is 0.708. The van der Waals surface area contributed by atoms with Crippen LogP contribution in [0.3, 0.4) is 0 Å². The van der Waals surface area contributed by atoms with Crippen molar-refractivity contribution >= 4 is 21.6 Å². The average Bonchev–Trinajstić information content (AvgIpc) is 2.32. The highest BCUT2D eigenvalue weighted by Gasteiger charge is 2.27. The molecule has 1 aliphatic rings. The number of nitrogens with one attached hydrogen (secondary N) is 1. The quantitative estimate of drug-likeness (QED) is 0.917. The van der Waals surface area contributed by atoms with Crippen molar-refractivity contribution < 1.29 is 4.39 Å². The molecule has 100 valence electrons. The standard InChI is InChI=1S/C14H20BrFN2/c1-3-17-11-7-8-18(10(2)9-11)14-12(15)5-4-6-13(14)16/h4-6,10-11,17H,3,7-9H2,1-2H3. The van der Waals surface area contributed by atoms with Crippen LogP contribution in [0.4, 0.5) is 10.1 Å². The summed E-state index contributed by atoms with van der Waals surface area (Å²) in [6, 6.07) is 6.09. The molecule has 2 nitrogen and oxygen atoms in total. The number of anilines is 1. The van der Waals surface area contributed by atoms with Crippen LogP contribution in [0.1, 0.15) is 26.7 Å². The van der Waals surface area contributed by atoms with Crippen molar-refractivity contribution in [1.82, 2.24) is 5.32 Å². The third-order valence-electron chi connectivity index (χ3n) is 3.59. The molecule has 1 N–H and O–H groups in total. The highest BCUT2D eigenvalue weighted by molar-refractivity contribution is 9.10. The number of hydrogen-bond acceptors (Lipinski definition) is 2. The fourth-order valence-corrected chi connectivity index (χ4v) is 3.31. The van der Waals surface area contributed by atoms with Crippen LogP contribution in [-0.4, -0.2) is 25.2 Å². The smallest absolute Gasteiger partial charge is 0.147 e. The SMILES string of the molecule is CCNC1CCN(c2c(F)cccc2Br)C(C)C1. The van der Waals surface area contributed by atoms with Gasteiger partial charge < -0.3 is 10.2 Å². The molecule has 1 heterocycles. The number of halogens is 2. The topological polar surface area (TPSA) is 15.3 Å². The largest absolute Gasteiger partial charge is 0.365 e. The lowest BCUT2D eigenvalue weighted by molar-refractivity contribution is 0.371. The Kier molecular flexibility index (Phi) is 4.62. The zero-order valence-corrected chi connectivity index (χ0v) is 12.5. The van der Waals surface area contributed by atoms with E-state index in [-0.39, 0.29) is 5.82 Å². The Hall–Kier alpha value is -0.610. The molecule has 0 saturated carbocycles. The summed E-state index contributed by atoms with van der Waals surface area (Å²) in [6.07, 6.45) is 2.13. The van der Waals surface area contributed by atoms with Crippen molar-refractivity contribution in [3.63, 3.8) is 0 Å². The minimum absolute atomic E-state index is 0.141. The molecular formula is C14H20BrFN2. The maximum absolute atomic E-state index is 14.0. The molecule has 0 amide bonds. The number of rotatable bonds is 3. The van der Waals surface area contributed by atoms with Crippen molar-refractivity contribution in [2.75, 3.05) is 18.0 Å². The Bertz CT molecular complexity index is 391. The summed E-state index contributed by atoms with van der Waals surface area (Å²) in [6.45, 7) is 6.20. The normalized spacial score (nSPS) is 24.3. The molecular weight excluding hydrogens is 295 g/mol.